The highest BCUT2D eigenvalue weighted by molar-refractivity contribution is 9.10. The molecule has 114 valence electrons. The van der Waals surface area contributed by atoms with Crippen molar-refractivity contribution in [2.75, 3.05) is 19.1 Å². The van der Waals surface area contributed by atoms with Gasteiger partial charge in [0.1, 0.15) is 5.82 Å². The van der Waals surface area contributed by atoms with E-state index < -0.39 is 0 Å². The lowest BCUT2D eigenvalue weighted by Crippen LogP contribution is -2.08. The standard InChI is InChI=1S/C14H14BrN5OS/c1-21-7-10-11(8-3-5-9(15)6-4-8)12(16)20-13(17-10)18-14(19-20)22-2/h3-6H,7,16H2,1-2H3. The van der Waals surface area contributed by atoms with E-state index in [1.807, 2.05) is 30.5 Å². The SMILES string of the molecule is COCc1nc2nc(SC)nn2c(N)c1-c1ccc(Br)cc1. The topological polar surface area (TPSA) is 78.3 Å². The van der Waals surface area contributed by atoms with Crippen LogP contribution >= 0.6 is 27.7 Å². The van der Waals surface area contributed by atoms with Crippen molar-refractivity contribution < 1.29 is 4.74 Å². The molecule has 0 spiro atoms. The van der Waals surface area contributed by atoms with Gasteiger partial charge in [-0.15, -0.1) is 5.10 Å². The van der Waals surface area contributed by atoms with Crippen LogP contribution in [0.5, 0.6) is 0 Å². The van der Waals surface area contributed by atoms with E-state index in [1.165, 1.54) is 11.8 Å². The molecule has 3 aromatic rings. The zero-order valence-corrected chi connectivity index (χ0v) is 14.5. The lowest BCUT2D eigenvalue weighted by molar-refractivity contribution is 0.182. The maximum atomic E-state index is 6.33. The minimum absolute atomic E-state index is 0.355. The predicted octanol–water partition coefficient (Wildman–Crippen LogP) is 3.00. The van der Waals surface area contributed by atoms with Crippen molar-refractivity contribution in [2.24, 2.45) is 0 Å². The number of rotatable bonds is 4. The van der Waals surface area contributed by atoms with Gasteiger partial charge in [0.05, 0.1) is 12.3 Å². The third-order valence-corrected chi connectivity index (χ3v) is 4.24. The van der Waals surface area contributed by atoms with Crippen molar-refractivity contribution in [3.63, 3.8) is 0 Å². The number of nitrogens with zero attached hydrogens (tertiary/aromatic N) is 4. The maximum Gasteiger partial charge on any atom is 0.255 e. The van der Waals surface area contributed by atoms with Crippen molar-refractivity contribution in [1.29, 1.82) is 0 Å². The third kappa shape index (κ3) is 2.69. The molecule has 0 radical (unpaired) electrons. The van der Waals surface area contributed by atoms with E-state index in [0.29, 0.717) is 23.4 Å². The van der Waals surface area contributed by atoms with E-state index in [4.69, 9.17) is 10.5 Å². The molecular weight excluding hydrogens is 366 g/mol. The Morgan fingerprint density at radius 1 is 1.27 bits per heavy atom. The summed E-state index contributed by atoms with van der Waals surface area (Å²) in [6.07, 6.45) is 1.91. The molecule has 0 saturated carbocycles. The zero-order chi connectivity index (χ0) is 15.7. The highest BCUT2D eigenvalue weighted by atomic mass is 79.9. The second-order valence-electron chi connectivity index (χ2n) is 4.57. The Labute approximate surface area is 140 Å². The number of benzene rings is 1. The van der Waals surface area contributed by atoms with E-state index in [-0.39, 0.29) is 0 Å². The summed E-state index contributed by atoms with van der Waals surface area (Å²) >= 11 is 4.89. The summed E-state index contributed by atoms with van der Waals surface area (Å²) < 4.78 is 7.84. The van der Waals surface area contributed by atoms with Gasteiger partial charge >= 0.3 is 0 Å². The van der Waals surface area contributed by atoms with E-state index in [2.05, 4.69) is 31.0 Å². The number of hydrogen-bond acceptors (Lipinski definition) is 6. The molecule has 3 rings (SSSR count). The Hall–Kier alpha value is -1.64. The maximum absolute atomic E-state index is 6.33. The number of thioether (sulfide) groups is 1. The Bertz CT molecular complexity index is 818. The predicted molar refractivity (Wildman–Crippen MR) is 90.8 cm³/mol. The average molecular weight is 380 g/mol. The molecule has 2 N–H and O–H groups in total. The Kier molecular flexibility index (Phi) is 4.32. The minimum atomic E-state index is 0.355. The smallest absolute Gasteiger partial charge is 0.255 e. The number of nitrogen functional groups attached to an aromatic ring is 1. The molecule has 0 atom stereocenters. The number of anilines is 1. The van der Waals surface area contributed by atoms with Crippen molar-refractivity contribution >= 4 is 39.3 Å². The second kappa shape index (κ2) is 6.23. The molecule has 8 heteroatoms. The fraction of sp³-hybridized carbons (Fsp3) is 0.214. The molecule has 0 aliphatic heterocycles. The first kappa shape index (κ1) is 15.3. The van der Waals surface area contributed by atoms with Gasteiger partial charge in [0.25, 0.3) is 5.78 Å². The second-order valence-corrected chi connectivity index (χ2v) is 6.26. The minimum Gasteiger partial charge on any atom is -0.383 e. The lowest BCUT2D eigenvalue weighted by Gasteiger charge is -2.12. The molecule has 2 aromatic heterocycles. The van der Waals surface area contributed by atoms with Crippen LogP contribution in [0.4, 0.5) is 5.82 Å². The summed E-state index contributed by atoms with van der Waals surface area (Å²) in [4.78, 5) is 8.90. The van der Waals surface area contributed by atoms with Gasteiger partial charge in [0.15, 0.2) is 0 Å². The van der Waals surface area contributed by atoms with E-state index >= 15 is 0 Å². The molecule has 2 heterocycles. The van der Waals surface area contributed by atoms with Crippen LogP contribution in [0.3, 0.4) is 0 Å². The van der Waals surface area contributed by atoms with Crippen LogP contribution in [-0.4, -0.2) is 32.9 Å². The van der Waals surface area contributed by atoms with Gasteiger partial charge in [-0.05, 0) is 24.0 Å². The molecular formula is C14H14BrN5OS. The Morgan fingerprint density at radius 3 is 2.64 bits per heavy atom. The fourth-order valence-corrected chi connectivity index (χ4v) is 2.81. The molecule has 0 aliphatic rings. The number of methoxy groups -OCH3 is 1. The number of aromatic nitrogens is 4. The van der Waals surface area contributed by atoms with E-state index in [0.717, 1.165) is 21.3 Å². The lowest BCUT2D eigenvalue weighted by atomic mass is 10.0. The molecule has 0 fully saturated rings. The largest absolute Gasteiger partial charge is 0.383 e. The van der Waals surface area contributed by atoms with Gasteiger partial charge in [-0.1, -0.05) is 39.8 Å². The van der Waals surface area contributed by atoms with Gasteiger partial charge in [-0.25, -0.2) is 4.98 Å². The Morgan fingerprint density at radius 2 is 2.00 bits per heavy atom. The summed E-state index contributed by atoms with van der Waals surface area (Å²) in [5.74, 6) is 0.988. The number of nitrogens with two attached hydrogens (primary N) is 1. The number of fused-ring (bicyclic) bond motifs is 1. The van der Waals surface area contributed by atoms with E-state index in [9.17, 15) is 0 Å². The van der Waals surface area contributed by atoms with Crippen LogP contribution in [0.15, 0.2) is 33.9 Å². The highest BCUT2D eigenvalue weighted by Crippen LogP contribution is 2.31. The first-order valence-corrected chi connectivity index (χ1v) is 8.49. The fourth-order valence-electron chi connectivity index (χ4n) is 2.21. The Balaban J connectivity index is 2.27. The van der Waals surface area contributed by atoms with Crippen LogP contribution in [0.2, 0.25) is 0 Å². The number of ether oxygens (including phenoxy) is 1. The van der Waals surface area contributed by atoms with Gasteiger partial charge in [0.2, 0.25) is 5.16 Å². The first-order valence-electron chi connectivity index (χ1n) is 6.48. The molecule has 1 aromatic carbocycles. The van der Waals surface area contributed by atoms with Crippen LogP contribution in [-0.2, 0) is 11.3 Å². The summed E-state index contributed by atoms with van der Waals surface area (Å²) in [6.45, 7) is 0.355. The quantitative estimate of drug-likeness (QED) is 0.701. The summed E-state index contributed by atoms with van der Waals surface area (Å²) in [6, 6.07) is 7.89. The third-order valence-electron chi connectivity index (χ3n) is 3.18. The van der Waals surface area contributed by atoms with Gasteiger partial charge in [-0.2, -0.15) is 9.50 Å². The van der Waals surface area contributed by atoms with Gasteiger partial charge in [0, 0.05) is 17.1 Å². The average Bonchev–Trinajstić information content (AvgIpc) is 2.93. The molecule has 0 unspecified atom stereocenters. The molecule has 0 bridgehead atoms. The van der Waals surface area contributed by atoms with Crippen LogP contribution < -0.4 is 5.73 Å². The first-order chi connectivity index (χ1) is 10.6. The summed E-state index contributed by atoms with van der Waals surface area (Å²) in [5.41, 5.74) is 8.86. The molecule has 0 amide bonds. The van der Waals surface area contributed by atoms with Crippen molar-refractivity contribution in [2.45, 2.75) is 11.8 Å². The van der Waals surface area contributed by atoms with Crippen molar-refractivity contribution in [3.05, 3.63) is 34.4 Å². The van der Waals surface area contributed by atoms with E-state index in [1.54, 1.807) is 11.6 Å². The van der Waals surface area contributed by atoms with Crippen LogP contribution in [0.25, 0.3) is 16.9 Å². The zero-order valence-electron chi connectivity index (χ0n) is 12.1. The highest BCUT2D eigenvalue weighted by Gasteiger charge is 2.17. The number of halogens is 1. The molecule has 0 saturated heterocycles. The number of hydrogen-bond donors (Lipinski definition) is 1. The molecule has 0 aliphatic carbocycles. The molecule has 6 nitrogen and oxygen atoms in total. The van der Waals surface area contributed by atoms with Crippen molar-refractivity contribution in [1.82, 2.24) is 19.6 Å². The van der Waals surface area contributed by atoms with Crippen molar-refractivity contribution in [3.8, 4) is 11.1 Å². The monoisotopic (exact) mass is 379 g/mol. The van der Waals surface area contributed by atoms with Crippen LogP contribution in [0.1, 0.15) is 5.69 Å². The normalized spacial score (nSPS) is 11.2. The van der Waals surface area contributed by atoms with Gasteiger partial charge in [-0.3, -0.25) is 0 Å². The molecule has 22 heavy (non-hydrogen) atoms. The van der Waals surface area contributed by atoms with Crippen LogP contribution in [0, 0.1) is 0 Å². The van der Waals surface area contributed by atoms with Gasteiger partial charge < -0.3 is 10.5 Å². The summed E-state index contributed by atoms with van der Waals surface area (Å²) in [5, 5.41) is 5.00. The summed E-state index contributed by atoms with van der Waals surface area (Å²) in [7, 11) is 1.63.